The number of anilines is 1. The largest absolute Gasteiger partial charge is 0.365 e. The summed E-state index contributed by atoms with van der Waals surface area (Å²) in [7, 11) is 0. The van der Waals surface area contributed by atoms with Crippen molar-refractivity contribution in [3.63, 3.8) is 0 Å². The Morgan fingerprint density at radius 1 is 1.32 bits per heavy atom. The second-order valence-electron chi connectivity index (χ2n) is 3.74. The van der Waals surface area contributed by atoms with E-state index in [2.05, 4.69) is 48.2 Å². The molecule has 0 saturated heterocycles. The number of hydrogen-bond donors (Lipinski definition) is 1. The maximum Gasteiger partial charge on any atom is 0.158 e. The van der Waals surface area contributed by atoms with Crippen molar-refractivity contribution in [1.29, 1.82) is 5.26 Å². The summed E-state index contributed by atoms with van der Waals surface area (Å²) in [5, 5.41) is 13.0. The Labute approximate surface area is 132 Å². The molecule has 0 amide bonds. The Hall–Kier alpha value is -1.09. The molecule has 0 aliphatic heterocycles. The average Bonchev–Trinajstić information content (AvgIpc) is 2.37. The number of pyridine rings is 1. The first-order chi connectivity index (χ1) is 9.10. The molecule has 0 aliphatic carbocycles. The van der Waals surface area contributed by atoms with E-state index in [0.717, 1.165) is 14.6 Å². The fourth-order valence-electron chi connectivity index (χ4n) is 1.54. The summed E-state index contributed by atoms with van der Waals surface area (Å²) in [6, 6.07) is 10.7. The predicted octanol–water partition coefficient (Wildman–Crippen LogP) is 4.94. The van der Waals surface area contributed by atoms with Gasteiger partial charge < -0.3 is 5.32 Å². The van der Waals surface area contributed by atoms with Crippen LogP contribution >= 0.6 is 43.5 Å². The van der Waals surface area contributed by atoms with Gasteiger partial charge in [0.05, 0.1) is 11.8 Å². The fraction of sp³-hybridized carbons (Fsp3) is 0.0769. The lowest BCUT2D eigenvalue weighted by atomic mass is 10.2. The van der Waals surface area contributed by atoms with Crippen molar-refractivity contribution in [3.8, 4) is 6.07 Å². The molecule has 1 aromatic heterocycles. The molecule has 0 aliphatic rings. The maximum absolute atomic E-state index is 9.29. The van der Waals surface area contributed by atoms with Gasteiger partial charge in [-0.05, 0) is 56.1 Å². The van der Waals surface area contributed by atoms with E-state index >= 15 is 0 Å². The van der Waals surface area contributed by atoms with Gasteiger partial charge in [0, 0.05) is 25.9 Å². The summed E-state index contributed by atoms with van der Waals surface area (Å²) >= 11 is 12.7. The monoisotopic (exact) mass is 399 g/mol. The predicted molar refractivity (Wildman–Crippen MR) is 83.1 cm³/mol. The number of nitrogens with one attached hydrogen (secondary N) is 1. The molecule has 2 aromatic rings. The van der Waals surface area contributed by atoms with E-state index < -0.39 is 6.04 Å². The third-order valence-electron chi connectivity index (χ3n) is 2.37. The number of aromatic nitrogens is 1. The zero-order valence-electron chi connectivity index (χ0n) is 9.57. The van der Waals surface area contributed by atoms with Crippen LogP contribution in [0, 0.1) is 11.3 Å². The molecule has 1 heterocycles. The number of hydrogen-bond acceptors (Lipinski definition) is 3. The van der Waals surface area contributed by atoms with Crippen molar-refractivity contribution in [3.05, 3.63) is 56.2 Å². The minimum absolute atomic E-state index is 0.555. The number of nitrogens with zero attached hydrogens (tertiary/aromatic N) is 2. The van der Waals surface area contributed by atoms with E-state index in [-0.39, 0.29) is 0 Å². The van der Waals surface area contributed by atoms with Crippen molar-refractivity contribution >= 4 is 49.1 Å². The number of nitriles is 1. The van der Waals surface area contributed by atoms with Crippen LogP contribution in [0.5, 0.6) is 0 Å². The van der Waals surface area contributed by atoms with Gasteiger partial charge in [-0.15, -0.1) is 0 Å². The summed E-state index contributed by atoms with van der Waals surface area (Å²) in [5.74, 6) is 0. The van der Waals surface area contributed by atoms with E-state index in [1.165, 1.54) is 0 Å². The Kier molecular flexibility index (Phi) is 4.81. The summed E-state index contributed by atoms with van der Waals surface area (Å²) in [4.78, 5) is 4.26. The second kappa shape index (κ2) is 6.38. The molecule has 19 heavy (non-hydrogen) atoms. The van der Waals surface area contributed by atoms with Gasteiger partial charge in [-0.3, -0.25) is 4.98 Å². The van der Waals surface area contributed by atoms with Crippen LogP contribution in [0.4, 0.5) is 5.69 Å². The number of halogens is 3. The van der Waals surface area contributed by atoms with Crippen molar-refractivity contribution in [2.24, 2.45) is 0 Å². The number of rotatable bonds is 3. The highest BCUT2D eigenvalue weighted by Gasteiger charge is 2.15. The Morgan fingerprint density at radius 2 is 2.11 bits per heavy atom. The van der Waals surface area contributed by atoms with E-state index in [9.17, 15) is 5.26 Å². The lowest BCUT2D eigenvalue weighted by Gasteiger charge is -2.14. The minimum Gasteiger partial charge on any atom is -0.365 e. The van der Waals surface area contributed by atoms with Crippen molar-refractivity contribution in [2.45, 2.75) is 6.04 Å². The normalized spacial score (nSPS) is 11.7. The van der Waals surface area contributed by atoms with Crippen LogP contribution in [0.2, 0.25) is 5.02 Å². The molecule has 0 bridgehead atoms. The molecule has 1 unspecified atom stereocenters. The van der Waals surface area contributed by atoms with Crippen molar-refractivity contribution in [1.82, 2.24) is 4.98 Å². The minimum atomic E-state index is -0.555. The molecule has 96 valence electrons. The molecule has 3 nitrogen and oxygen atoms in total. The Bertz CT molecular complexity index is 640. The van der Waals surface area contributed by atoms with Gasteiger partial charge in [0.1, 0.15) is 0 Å². The van der Waals surface area contributed by atoms with Crippen LogP contribution in [0.1, 0.15) is 11.7 Å². The molecule has 2 rings (SSSR count). The fourth-order valence-corrected chi connectivity index (χ4v) is 2.95. The van der Waals surface area contributed by atoms with Gasteiger partial charge >= 0.3 is 0 Å². The van der Waals surface area contributed by atoms with Crippen LogP contribution in [-0.2, 0) is 0 Å². The first kappa shape index (κ1) is 14.3. The Morgan fingerprint density at radius 3 is 2.74 bits per heavy atom. The Balaban J connectivity index is 2.28. The molecule has 1 atom stereocenters. The van der Waals surface area contributed by atoms with Crippen molar-refractivity contribution < 1.29 is 0 Å². The van der Waals surface area contributed by atoms with Crippen LogP contribution < -0.4 is 5.32 Å². The van der Waals surface area contributed by atoms with Gasteiger partial charge in [0.15, 0.2) is 6.04 Å². The van der Waals surface area contributed by atoms with Gasteiger partial charge in [0.25, 0.3) is 0 Å². The van der Waals surface area contributed by atoms with E-state index in [0.29, 0.717) is 10.7 Å². The van der Waals surface area contributed by atoms with E-state index in [1.54, 1.807) is 18.3 Å². The molecule has 0 radical (unpaired) electrons. The smallest absolute Gasteiger partial charge is 0.158 e. The molecular formula is C13H8Br2ClN3. The van der Waals surface area contributed by atoms with Gasteiger partial charge in [-0.2, -0.15) is 5.26 Å². The summed E-state index contributed by atoms with van der Waals surface area (Å²) < 4.78 is 1.62. The SMILES string of the molecule is N#CC(Nc1cccc(Cl)c1)c1ncc(Br)cc1Br. The lowest BCUT2D eigenvalue weighted by Crippen LogP contribution is -2.11. The van der Waals surface area contributed by atoms with E-state index in [4.69, 9.17) is 11.6 Å². The zero-order chi connectivity index (χ0) is 13.8. The van der Waals surface area contributed by atoms with Crippen LogP contribution in [0.15, 0.2) is 45.5 Å². The highest BCUT2D eigenvalue weighted by atomic mass is 79.9. The van der Waals surface area contributed by atoms with Crippen LogP contribution in [-0.4, -0.2) is 4.98 Å². The summed E-state index contributed by atoms with van der Waals surface area (Å²) in [5.41, 5.74) is 1.40. The van der Waals surface area contributed by atoms with Gasteiger partial charge in [-0.25, -0.2) is 0 Å². The summed E-state index contributed by atoms with van der Waals surface area (Å²) in [6.45, 7) is 0. The maximum atomic E-state index is 9.29. The van der Waals surface area contributed by atoms with Crippen molar-refractivity contribution in [2.75, 3.05) is 5.32 Å². The second-order valence-corrected chi connectivity index (χ2v) is 5.94. The molecule has 1 N–H and O–H groups in total. The van der Waals surface area contributed by atoms with Crippen LogP contribution in [0.25, 0.3) is 0 Å². The lowest BCUT2D eigenvalue weighted by molar-refractivity contribution is 0.923. The highest BCUT2D eigenvalue weighted by molar-refractivity contribution is 9.11. The molecule has 1 aromatic carbocycles. The zero-order valence-corrected chi connectivity index (χ0v) is 13.5. The molecule has 6 heteroatoms. The molecule has 0 fully saturated rings. The molecule has 0 saturated carbocycles. The summed E-state index contributed by atoms with van der Waals surface area (Å²) in [6.07, 6.45) is 1.66. The van der Waals surface area contributed by atoms with Gasteiger partial charge in [0.2, 0.25) is 0 Å². The topological polar surface area (TPSA) is 48.7 Å². The highest BCUT2D eigenvalue weighted by Crippen LogP contribution is 2.27. The average molecular weight is 401 g/mol. The number of benzene rings is 1. The molecule has 0 spiro atoms. The first-order valence-corrected chi connectivity index (χ1v) is 7.29. The quantitative estimate of drug-likeness (QED) is 0.793. The van der Waals surface area contributed by atoms with E-state index in [1.807, 2.05) is 18.2 Å². The third-order valence-corrected chi connectivity index (χ3v) is 3.68. The van der Waals surface area contributed by atoms with Crippen LogP contribution in [0.3, 0.4) is 0 Å². The first-order valence-electron chi connectivity index (χ1n) is 5.33. The molecular weight excluding hydrogens is 393 g/mol. The standard InChI is InChI=1S/C13H8Br2ClN3/c14-8-4-11(15)13(18-7-8)12(6-17)19-10-3-1-2-9(16)5-10/h1-5,7,12,19H. The third kappa shape index (κ3) is 3.69. The van der Waals surface area contributed by atoms with Gasteiger partial charge in [-0.1, -0.05) is 17.7 Å².